The van der Waals surface area contributed by atoms with Crippen LogP contribution in [-0.2, 0) is 14.6 Å². The maximum Gasteiger partial charge on any atom is 0.573 e. The van der Waals surface area contributed by atoms with Gasteiger partial charge in [-0.15, -0.1) is 24.9 Å². The van der Waals surface area contributed by atoms with Gasteiger partial charge in [-0.1, -0.05) is 26.0 Å². The van der Waals surface area contributed by atoms with E-state index in [0.717, 1.165) is 11.3 Å². The Bertz CT molecular complexity index is 1330. The van der Waals surface area contributed by atoms with Crippen molar-refractivity contribution in [2.24, 2.45) is 5.92 Å². The first-order valence-corrected chi connectivity index (χ1v) is 16.2. The predicted octanol–water partition coefficient (Wildman–Crippen LogP) is 5.93. The number of carbonyl (C=O) groups excluding carboxylic acids is 1. The Morgan fingerprint density at radius 3 is 2.48 bits per heavy atom. The minimum Gasteiger partial charge on any atom is -0.406 e. The van der Waals surface area contributed by atoms with E-state index in [1.165, 1.54) is 24.3 Å². The highest BCUT2D eigenvalue weighted by atomic mass is 32.2. The van der Waals surface area contributed by atoms with Crippen LogP contribution in [0.2, 0.25) is 0 Å². The summed E-state index contributed by atoms with van der Waals surface area (Å²) in [5.74, 6) is -0.926. The number of carbonyl (C=O) groups is 1. The Labute approximate surface area is 238 Å². The van der Waals surface area contributed by atoms with E-state index in [0.29, 0.717) is 36.9 Å². The van der Waals surface area contributed by atoms with Crippen LogP contribution in [-0.4, -0.2) is 62.3 Å². The van der Waals surface area contributed by atoms with Gasteiger partial charge in [-0.2, -0.15) is 0 Å². The van der Waals surface area contributed by atoms with Gasteiger partial charge in [-0.25, -0.2) is 8.42 Å². The van der Waals surface area contributed by atoms with Crippen molar-refractivity contribution in [3.05, 3.63) is 60.2 Å². The molecule has 218 valence electrons. The molecule has 2 aromatic carbocycles. The van der Waals surface area contributed by atoms with Crippen LogP contribution in [0, 0.1) is 5.92 Å². The van der Waals surface area contributed by atoms with Gasteiger partial charge in [0.1, 0.15) is 5.75 Å². The Morgan fingerprint density at radius 2 is 1.85 bits per heavy atom. The first-order chi connectivity index (χ1) is 18.8. The van der Waals surface area contributed by atoms with E-state index in [1.54, 1.807) is 47.0 Å². The number of amides is 1. The molecule has 4 rings (SSSR count). The number of nitrogens with one attached hydrogen (secondary N) is 1. The Morgan fingerprint density at radius 1 is 1.12 bits per heavy atom. The summed E-state index contributed by atoms with van der Waals surface area (Å²) in [4.78, 5) is 16.4. The third-order valence-corrected chi connectivity index (χ3v) is 10.0. The zero-order valence-electron chi connectivity index (χ0n) is 22.8. The number of hydrogen-bond donors (Lipinski definition) is 1. The first kappa shape index (κ1) is 30.5. The summed E-state index contributed by atoms with van der Waals surface area (Å²) in [6, 6.07) is 12.6. The van der Waals surface area contributed by atoms with Gasteiger partial charge in [-0.3, -0.25) is 4.79 Å². The van der Waals surface area contributed by atoms with E-state index >= 15 is 0 Å². The van der Waals surface area contributed by atoms with Crippen molar-refractivity contribution in [2.45, 2.75) is 73.8 Å². The molecule has 0 aromatic heterocycles. The van der Waals surface area contributed by atoms with Crippen molar-refractivity contribution in [2.75, 3.05) is 18.6 Å². The van der Waals surface area contributed by atoms with Crippen LogP contribution >= 0.6 is 11.8 Å². The normalized spacial score (nSPS) is 22.4. The number of nitrogens with zero attached hydrogens (tertiary/aromatic N) is 1. The zero-order chi connectivity index (χ0) is 29.1. The first-order valence-electron chi connectivity index (χ1n) is 13.3. The van der Waals surface area contributed by atoms with E-state index in [-0.39, 0.29) is 46.3 Å². The molecule has 2 aromatic rings. The number of halogens is 3. The number of ether oxygens (including phenoxy) is 1. The van der Waals surface area contributed by atoms with E-state index in [9.17, 15) is 26.4 Å². The van der Waals surface area contributed by atoms with Gasteiger partial charge in [0.2, 0.25) is 5.91 Å². The fraction of sp³-hybridized carbons (Fsp3) is 0.483. The maximum absolute atomic E-state index is 13.5. The van der Waals surface area contributed by atoms with Crippen LogP contribution < -0.4 is 10.1 Å². The molecule has 0 spiro atoms. The number of benzene rings is 2. The molecule has 6 nitrogen and oxygen atoms in total. The highest BCUT2D eigenvalue weighted by Crippen LogP contribution is 2.35. The van der Waals surface area contributed by atoms with Crippen LogP contribution in [0.5, 0.6) is 5.75 Å². The molecule has 1 heterocycles. The molecule has 0 bridgehead atoms. The van der Waals surface area contributed by atoms with Crippen molar-refractivity contribution in [1.82, 2.24) is 10.2 Å². The summed E-state index contributed by atoms with van der Waals surface area (Å²) in [5.41, 5.74) is 1.12. The molecular formula is C29H35F3N2O4S2. The molecule has 1 N–H and O–H groups in total. The number of alkyl halides is 3. The Balaban J connectivity index is 1.55. The number of thioether (sulfide) groups is 1. The summed E-state index contributed by atoms with van der Waals surface area (Å²) < 4.78 is 69.0. The molecule has 40 heavy (non-hydrogen) atoms. The van der Waals surface area contributed by atoms with Crippen molar-refractivity contribution in [3.8, 4) is 5.75 Å². The molecular weight excluding hydrogens is 561 g/mol. The smallest absolute Gasteiger partial charge is 0.406 e. The quantitative estimate of drug-likeness (QED) is 0.362. The van der Waals surface area contributed by atoms with E-state index in [1.807, 2.05) is 6.26 Å². The minimum absolute atomic E-state index is 0.0657. The molecule has 1 aliphatic heterocycles. The molecule has 3 atom stereocenters. The highest BCUT2D eigenvalue weighted by molar-refractivity contribution is 7.98. The van der Waals surface area contributed by atoms with Gasteiger partial charge in [0, 0.05) is 35.6 Å². The number of rotatable bonds is 9. The molecule has 2 aliphatic rings. The summed E-state index contributed by atoms with van der Waals surface area (Å²) in [6.07, 6.45) is 1.14. The van der Waals surface area contributed by atoms with Gasteiger partial charge < -0.3 is 15.0 Å². The second-order valence-electron chi connectivity index (χ2n) is 10.6. The minimum atomic E-state index is -4.80. The second-order valence-corrected chi connectivity index (χ2v) is 13.6. The predicted molar refractivity (Wildman–Crippen MR) is 151 cm³/mol. The fourth-order valence-electron chi connectivity index (χ4n) is 5.73. The van der Waals surface area contributed by atoms with Crippen molar-refractivity contribution < 1.29 is 31.1 Å². The molecule has 1 amide bonds. The van der Waals surface area contributed by atoms with Crippen molar-refractivity contribution in [1.29, 1.82) is 0 Å². The number of hydrogen-bond acceptors (Lipinski definition) is 6. The summed E-state index contributed by atoms with van der Waals surface area (Å²) in [5, 5.41) is 3.53. The van der Waals surface area contributed by atoms with E-state index in [2.05, 4.69) is 23.9 Å². The Kier molecular flexibility index (Phi) is 9.57. The second kappa shape index (κ2) is 12.6. The van der Waals surface area contributed by atoms with Crippen LogP contribution in [0.25, 0.3) is 5.57 Å². The average Bonchev–Trinajstić information content (AvgIpc) is 2.88. The number of sulfone groups is 1. The van der Waals surface area contributed by atoms with Gasteiger partial charge >= 0.3 is 6.36 Å². The third-order valence-electron chi connectivity index (χ3n) is 7.40. The van der Waals surface area contributed by atoms with Gasteiger partial charge in [0.25, 0.3) is 0 Å². The molecule has 0 unspecified atom stereocenters. The SMILES string of the molecule is CSc1ccc(S(=O)(=O)C[C@H]2C[C@@H](NC(C)C)CC[C@@H]2N2CCC(c3cccc(OC(F)(F)F)c3)=CC2=O)cc1. The monoisotopic (exact) mass is 596 g/mol. The lowest BCUT2D eigenvalue weighted by Gasteiger charge is -2.44. The fourth-order valence-corrected chi connectivity index (χ4v) is 7.80. The molecule has 11 heteroatoms. The molecule has 0 saturated heterocycles. The van der Waals surface area contributed by atoms with Gasteiger partial charge in [0.05, 0.1) is 10.6 Å². The third kappa shape index (κ3) is 7.82. The molecule has 1 saturated carbocycles. The van der Waals surface area contributed by atoms with Crippen LogP contribution in [0.3, 0.4) is 0 Å². The summed E-state index contributed by atoms with van der Waals surface area (Å²) in [7, 11) is -3.60. The van der Waals surface area contributed by atoms with Crippen LogP contribution in [0.4, 0.5) is 13.2 Å². The molecule has 1 fully saturated rings. The van der Waals surface area contributed by atoms with Crippen LogP contribution in [0.1, 0.15) is 45.1 Å². The summed E-state index contributed by atoms with van der Waals surface area (Å²) in [6.45, 7) is 4.47. The van der Waals surface area contributed by atoms with Gasteiger partial charge in [0.15, 0.2) is 9.84 Å². The molecule has 1 aliphatic carbocycles. The van der Waals surface area contributed by atoms with Gasteiger partial charge in [-0.05, 0) is 85.4 Å². The van der Waals surface area contributed by atoms with E-state index in [4.69, 9.17) is 0 Å². The largest absolute Gasteiger partial charge is 0.573 e. The topological polar surface area (TPSA) is 75.7 Å². The standard InChI is InChI=1S/C29H35F3N2O4S2/c1-19(2)33-23-7-12-27(22(15-23)18-40(36,37)26-10-8-25(39-3)9-11-26)34-14-13-21(17-28(34)35)20-5-4-6-24(16-20)38-29(30,31)32/h4-6,8-11,16-17,19,22-23,27,33H,7,12-15,18H2,1-3H3/t22-,23+,27+/m1/s1. The lowest BCUT2D eigenvalue weighted by molar-refractivity contribution is -0.274. The molecule has 0 radical (unpaired) electrons. The van der Waals surface area contributed by atoms with E-state index < -0.39 is 16.2 Å². The lowest BCUT2D eigenvalue weighted by atomic mass is 9.80. The van der Waals surface area contributed by atoms with Crippen molar-refractivity contribution in [3.63, 3.8) is 0 Å². The Hall–Kier alpha value is -2.50. The summed E-state index contributed by atoms with van der Waals surface area (Å²) >= 11 is 1.54. The zero-order valence-corrected chi connectivity index (χ0v) is 24.4. The van der Waals surface area contributed by atoms with Crippen molar-refractivity contribution >= 4 is 33.1 Å². The average molecular weight is 597 g/mol. The van der Waals surface area contributed by atoms with Crippen LogP contribution in [0.15, 0.2) is 64.4 Å². The lowest BCUT2D eigenvalue weighted by Crippen LogP contribution is -2.53. The maximum atomic E-state index is 13.5. The highest BCUT2D eigenvalue weighted by Gasteiger charge is 2.39.